The third-order valence-corrected chi connectivity index (χ3v) is 2.84. The molecule has 0 saturated heterocycles. The molecular formula is C13H19NO. The van der Waals surface area contributed by atoms with E-state index in [-0.39, 0.29) is 11.9 Å². The number of carbonyl (C=O) groups excluding carboxylic acids is 1. The average molecular weight is 205 g/mol. The van der Waals surface area contributed by atoms with Gasteiger partial charge in [-0.15, -0.1) is 0 Å². The van der Waals surface area contributed by atoms with E-state index in [9.17, 15) is 4.79 Å². The highest BCUT2D eigenvalue weighted by molar-refractivity contribution is 5.94. The van der Waals surface area contributed by atoms with E-state index in [1.54, 1.807) is 4.90 Å². The van der Waals surface area contributed by atoms with Crippen LogP contribution in [-0.2, 0) is 0 Å². The second-order valence-electron chi connectivity index (χ2n) is 4.04. The van der Waals surface area contributed by atoms with Crippen LogP contribution in [0.15, 0.2) is 24.3 Å². The second-order valence-corrected chi connectivity index (χ2v) is 4.04. The lowest BCUT2D eigenvalue weighted by atomic mass is 10.1. The summed E-state index contributed by atoms with van der Waals surface area (Å²) in [6, 6.07) is 8.01. The van der Waals surface area contributed by atoms with Crippen molar-refractivity contribution >= 4 is 5.91 Å². The van der Waals surface area contributed by atoms with Gasteiger partial charge in [-0.1, -0.05) is 24.6 Å². The molecule has 2 heteroatoms. The predicted octanol–water partition coefficient (Wildman–Crippen LogP) is 2.87. The minimum Gasteiger partial charge on any atom is -0.339 e. The van der Waals surface area contributed by atoms with Gasteiger partial charge in [-0.25, -0.2) is 0 Å². The van der Waals surface area contributed by atoms with Crippen molar-refractivity contribution in [1.29, 1.82) is 0 Å². The minimum atomic E-state index is 0.105. The zero-order chi connectivity index (χ0) is 11.4. The first-order valence-corrected chi connectivity index (χ1v) is 5.40. The minimum absolute atomic E-state index is 0.105. The number of benzene rings is 1. The van der Waals surface area contributed by atoms with Crippen LogP contribution < -0.4 is 0 Å². The molecule has 0 fully saturated rings. The molecular weight excluding hydrogens is 186 g/mol. The summed E-state index contributed by atoms with van der Waals surface area (Å²) in [5.74, 6) is 0.105. The lowest BCUT2D eigenvalue weighted by Gasteiger charge is -2.23. The maximum absolute atomic E-state index is 12.0. The molecule has 1 rings (SSSR count). The van der Waals surface area contributed by atoms with Crippen molar-refractivity contribution in [2.24, 2.45) is 0 Å². The Labute approximate surface area is 91.9 Å². The Morgan fingerprint density at radius 1 is 1.47 bits per heavy atom. The fourth-order valence-corrected chi connectivity index (χ4v) is 1.46. The van der Waals surface area contributed by atoms with Crippen molar-refractivity contribution in [1.82, 2.24) is 4.90 Å². The highest BCUT2D eigenvalue weighted by Gasteiger charge is 2.15. The van der Waals surface area contributed by atoms with E-state index in [1.165, 1.54) is 0 Å². The van der Waals surface area contributed by atoms with Gasteiger partial charge in [-0.3, -0.25) is 4.79 Å². The highest BCUT2D eigenvalue weighted by atomic mass is 16.2. The van der Waals surface area contributed by atoms with Gasteiger partial charge in [0.2, 0.25) is 0 Å². The molecule has 0 aliphatic carbocycles. The van der Waals surface area contributed by atoms with Crippen LogP contribution in [0.4, 0.5) is 0 Å². The standard InChI is InChI=1S/C13H19NO/c1-5-11(3)14(4)13(15)12-8-6-7-10(2)9-12/h6-9,11H,5H2,1-4H3. The molecule has 0 saturated carbocycles. The van der Waals surface area contributed by atoms with Crippen molar-refractivity contribution in [2.45, 2.75) is 33.2 Å². The van der Waals surface area contributed by atoms with E-state index in [0.29, 0.717) is 0 Å². The van der Waals surface area contributed by atoms with Gasteiger partial charge in [-0.2, -0.15) is 0 Å². The van der Waals surface area contributed by atoms with E-state index in [4.69, 9.17) is 0 Å². The van der Waals surface area contributed by atoms with Crippen LogP contribution >= 0.6 is 0 Å². The molecule has 0 N–H and O–H groups in total. The number of nitrogens with zero attached hydrogens (tertiary/aromatic N) is 1. The maximum atomic E-state index is 12.0. The molecule has 0 radical (unpaired) electrons. The van der Waals surface area contributed by atoms with Gasteiger partial charge in [0.05, 0.1) is 0 Å². The Balaban J connectivity index is 2.85. The molecule has 0 aliphatic heterocycles. The van der Waals surface area contributed by atoms with Crippen LogP contribution in [0.2, 0.25) is 0 Å². The van der Waals surface area contributed by atoms with Crippen LogP contribution in [-0.4, -0.2) is 23.9 Å². The van der Waals surface area contributed by atoms with Gasteiger partial charge in [0.25, 0.3) is 5.91 Å². The molecule has 1 aromatic rings. The molecule has 82 valence electrons. The van der Waals surface area contributed by atoms with Gasteiger partial charge in [0.15, 0.2) is 0 Å². The van der Waals surface area contributed by atoms with E-state index < -0.39 is 0 Å². The summed E-state index contributed by atoms with van der Waals surface area (Å²) in [7, 11) is 1.86. The van der Waals surface area contributed by atoms with E-state index in [1.807, 2.05) is 38.2 Å². The lowest BCUT2D eigenvalue weighted by molar-refractivity contribution is 0.0740. The normalized spacial score (nSPS) is 12.3. The fraction of sp³-hybridized carbons (Fsp3) is 0.462. The Kier molecular flexibility index (Phi) is 3.89. The zero-order valence-electron chi connectivity index (χ0n) is 9.95. The summed E-state index contributed by atoms with van der Waals surface area (Å²) in [6.45, 7) is 6.15. The molecule has 1 amide bonds. The quantitative estimate of drug-likeness (QED) is 0.743. The summed E-state index contributed by atoms with van der Waals surface area (Å²) in [6.07, 6.45) is 0.980. The number of rotatable bonds is 3. The SMILES string of the molecule is CCC(C)N(C)C(=O)c1cccc(C)c1. The van der Waals surface area contributed by atoms with Crippen LogP contribution in [0.25, 0.3) is 0 Å². The number of carbonyl (C=O) groups is 1. The van der Waals surface area contributed by atoms with Crippen molar-refractivity contribution in [3.8, 4) is 0 Å². The monoisotopic (exact) mass is 205 g/mol. The largest absolute Gasteiger partial charge is 0.339 e. The van der Waals surface area contributed by atoms with E-state index >= 15 is 0 Å². The number of amides is 1. The molecule has 1 aromatic carbocycles. The summed E-state index contributed by atoms with van der Waals surface area (Å²) < 4.78 is 0. The third-order valence-electron chi connectivity index (χ3n) is 2.84. The number of hydrogen-bond acceptors (Lipinski definition) is 1. The zero-order valence-corrected chi connectivity index (χ0v) is 9.95. The Hall–Kier alpha value is -1.31. The van der Waals surface area contributed by atoms with Crippen molar-refractivity contribution in [3.63, 3.8) is 0 Å². The van der Waals surface area contributed by atoms with Gasteiger partial charge in [0.1, 0.15) is 0 Å². The molecule has 0 heterocycles. The number of aryl methyl sites for hydroxylation is 1. The summed E-state index contributed by atoms with van der Waals surface area (Å²) in [5.41, 5.74) is 1.90. The molecule has 0 aliphatic rings. The summed E-state index contributed by atoms with van der Waals surface area (Å²) in [5, 5.41) is 0. The van der Waals surface area contributed by atoms with Crippen LogP contribution in [0.5, 0.6) is 0 Å². The first-order valence-electron chi connectivity index (χ1n) is 5.40. The highest BCUT2D eigenvalue weighted by Crippen LogP contribution is 2.10. The molecule has 1 atom stereocenters. The molecule has 0 aromatic heterocycles. The first-order chi connectivity index (χ1) is 7.06. The van der Waals surface area contributed by atoms with Gasteiger partial charge < -0.3 is 4.90 Å². The van der Waals surface area contributed by atoms with Crippen molar-refractivity contribution < 1.29 is 4.79 Å². The Morgan fingerprint density at radius 2 is 2.13 bits per heavy atom. The van der Waals surface area contributed by atoms with E-state index in [2.05, 4.69) is 13.8 Å². The van der Waals surface area contributed by atoms with Crippen molar-refractivity contribution in [3.05, 3.63) is 35.4 Å². The number of hydrogen-bond donors (Lipinski definition) is 0. The Bertz CT molecular complexity index is 346. The second kappa shape index (κ2) is 4.96. The van der Waals surface area contributed by atoms with Crippen LogP contribution in [0, 0.1) is 6.92 Å². The Morgan fingerprint density at radius 3 is 2.67 bits per heavy atom. The molecule has 15 heavy (non-hydrogen) atoms. The smallest absolute Gasteiger partial charge is 0.253 e. The topological polar surface area (TPSA) is 20.3 Å². The molecule has 1 unspecified atom stereocenters. The third kappa shape index (κ3) is 2.82. The molecule has 2 nitrogen and oxygen atoms in total. The van der Waals surface area contributed by atoms with Gasteiger partial charge in [-0.05, 0) is 32.4 Å². The van der Waals surface area contributed by atoms with E-state index in [0.717, 1.165) is 17.5 Å². The van der Waals surface area contributed by atoms with Gasteiger partial charge in [0, 0.05) is 18.7 Å². The summed E-state index contributed by atoms with van der Waals surface area (Å²) >= 11 is 0. The van der Waals surface area contributed by atoms with Crippen molar-refractivity contribution in [2.75, 3.05) is 7.05 Å². The fourth-order valence-electron chi connectivity index (χ4n) is 1.46. The van der Waals surface area contributed by atoms with Gasteiger partial charge >= 0.3 is 0 Å². The predicted molar refractivity (Wildman–Crippen MR) is 63.0 cm³/mol. The average Bonchev–Trinajstić information content (AvgIpc) is 2.26. The van der Waals surface area contributed by atoms with Crippen LogP contribution in [0.3, 0.4) is 0 Å². The molecule has 0 bridgehead atoms. The lowest BCUT2D eigenvalue weighted by Crippen LogP contribution is -2.34. The molecule has 0 spiro atoms. The van der Waals surface area contributed by atoms with Crippen LogP contribution in [0.1, 0.15) is 36.2 Å². The maximum Gasteiger partial charge on any atom is 0.253 e. The summed E-state index contributed by atoms with van der Waals surface area (Å²) in [4.78, 5) is 13.8. The first kappa shape index (κ1) is 11.8.